The number of aromatic nitrogens is 1. The van der Waals surface area contributed by atoms with Crippen molar-refractivity contribution in [3.63, 3.8) is 0 Å². The van der Waals surface area contributed by atoms with E-state index in [1.807, 2.05) is 12.3 Å². The SMILES string of the molecule is CC1(C)C2CNCC2CN1c1ccncc1Cl. The van der Waals surface area contributed by atoms with Gasteiger partial charge < -0.3 is 10.2 Å². The minimum absolute atomic E-state index is 0.166. The minimum Gasteiger partial charge on any atom is -0.364 e. The molecule has 1 N–H and O–H groups in total. The molecule has 1 aromatic rings. The molecule has 0 saturated carbocycles. The van der Waals surface area contributed by atoms with Gasteiger partial charge in [-0.05, 0) is 31.7 Å². The first kappa shape index (κ1) is 11.3. The smallest absolute Gasteiger partial charge is 0.0822 e. The van der Waals surface area contributed by atoms with E-state index < -0.39 is 0 Å². The number of pyridine rings is 1. The van der Waals surface area contributed by atoms with E-state index in [0.717, 1.165) is 36.3 Å². The maximum absolute atomic E-state index is 6.27. The average Bonchev–Trinajstić information content (AvgIpc) is 2.83. The number of halogens is 1. The van der Waals surface area contributed by atoms with E-state index in [2.05, 4.69) is 29.0 Å². The summed E-state index contributed by atoms with van der Waals surface area (Å²) in [6.07, 6.45) is 3.56. The summed E-state index contributed by atoms with van der Waals surface area (Å²) in [6.45, 7) is 7.99. The molecule has 0 bridgehead atoms. The van der Waals surface area contributed by atoms with Crippen LogP contribution in [0.2, 0.25) is 5.02 Å². The highest BCUT2D eigenvalue weighted by Gasteiger charge is 2.49. The number of nitrogens with zero attached hydrogens (tertiary/aromatic N) is 2. The number of rotatable bonds is 1. The summed E-state index contributed by atoms with van der Waals surface area (Å²) in [7, 11) is 0. The van der Waals surface area contributed by atoms with Gasteiger partial charge >= 0.3 is 0 Å². The molecule has 2 fully saturated rings. The Bertz CT molecular complexity index is 432. The van der Waals surface area contributed by atoms with Gasteiger partial charge in [-0.25, -0.2) is 0 Å². The molecule has 2 aliphatic heterocycles. The molecule has 2 unspecified atom stereocenters. The zero-order valence-corrected chi connectivity index (χ0v) is 11.0. The lowest BCUT2D eigenvalue weighted by molar-refractivity contribution is 0.357. The van der Waals surface area contributed by atoms with Crippen molar-refractivity contribution in [3.05, 3.63) is 23.5 Å². The van der Waals surface area contributed by atoms with Crippen LogP contribution in [0.1, 0.15) is 13.8 Å². The molecule has 92 valence electrons. The molecule has 0 aromatic carbocycles. The van der Waals surface area contributed by atoms with Crippen LogP contribution in [0.4, 0.5) is 5.69 Å². The molecule has 3 nitrogen and oxygen atoms in total. The van der Waals surface area contributed by atoms with E-state index in [0.29, 0.717) is 5.92 Å². The normalized spacial score (nSPS) is 30.6. The van der Waals surface area contributed by atoms with Crippen LogP contribution in [0.25, 0.3) is 0 Å². The molecule has 2 atom stereocenters. The van der Waals surface area contributed by atoms with Crippen molar-refractivity contribution >= 4 is 17.3 Å². The molecule has 2 saturated heterocycles. The van der Waals surface area contributed by atoms with Gasteiger partial charge in [0.25, 0.3) is 0 Å². The van der Waals surface area contributed by atoms with Gasteiger partial charge in [0.05, 0.1) is 10.7 Å². The lowest BCUT2D eigenvalue weighted by Gasteiger charge is -2.37. The monoisotopic (exact) mass is 251 g/mol. The highest BCUT2D eigenvalue weighted by atomic mass is 35.5. The Hall–Kier alpha value is -0.800. The molecule has 3 heterocycles. The van der Waals surface area contributed by atoms with Crippen LogP contribution >= 0.6 is 11.6 Å². The molecule has 1 aromatic heterocycles. The van der Waals surface area contributed by atoms with E-state index >= 15 is 0 Å². The Morgan fingerprint density at radius 1 is 1.47 bits per heavy atom. The summed E-state index contributed by atoms with van der Waals surface area (Å²) < 4.78 is 0. The van der Waals surface area contributed by atoms with E-state index in [1.165, 1.54) is 0 Å². The fraction of sp³-hybridized carbons (Fsp3) is 0.615. The first-order valence-electron chi connectivity index (χ1n) is 6.18. The van der Waals surface area contributed by atoms with Crippen molar-refractivity contribution in [2.45, 2.75) is 19.4 Å². The lowest BCUT2D eigenvalue weighted by Crippen LogP contribution is -2.44. The molecular formula is C13H18ClN3. The summed E-state index contributed by atoms with van der Waals surface area (Å²) in [4.78, 5) is 6.52. The third kappa shape index (κ3) is 1.64. The van der Waals surface area contributed by atoms with Crippen LogP contribution in [-0.2, 0) is 0 Å². The maximum atomic E-state index is 6.27. The molecule has 3 rings (SSSR count). The molecule has 0 aliphatic carbocycles. The molecular weight excluding hydrogens is 234 g/mol. The van der Waals surface area contributed by atoms with E-state index in [9.17, 15) is 0 Å². The van der Waals surface area contributed by atoms with Crippen LogP contribution in [-0.4, -0.2) is 30.2 Å². The Kier molecular flexibility index (Phi) is 2.56. The van der Waals surface area contributed by atoms with Gasteiger partial charge in [-0.2, -0.15) is 0 Å². The van der Waals surface area contributed by atoms with Crippen LogP contribution in [0.3, 0.4) is 0 Å². The summed E-state index contributed by atoms with van der Waals surface area (Å²) in [5, 5.41) is 4.25. The van der Waals surface area contributed by atoms with Gasteiger partial charge in [0.2, 0.25) is 0 Å². The molecule has 2 aliphatic rings. The van der Waals surface area contributed by atoms with Crippen molar-refractivity contribution in [3.8, 4) is 0 Å². The Morgan fingerprint density at radius 3 is 3.00 bits per heavy atom. The molecule has 0 spiro atoms. The van der Waals surface area contributed by atoms with Crippen molar-refractivity contribution in [1.29, 1.82) is 0 Å². The molecule has 4 heteroatoms. The number of fused-ring (bicyclic) bond motifs is 1. The van der Waals surface area contributed by atoms with Crippen LogP contribution < -0.4 is 10.2 Å². The zero-order chi connectivity index (χ0) is 12.0. The first-order chi connectivity index (χ1) is 8.10. The van der Waals surface area contributed by atoms with Crippen LogP contribution in [0.5, 0.6) is 0 Å². The number of hydrogen-bond acceptors (Lipinski definition) is 3. The summed E-state index contributed by atoms with van der Waals surface area (Å²) in [5.41, 5.74) is 1.29. The van der Waals surface area contributed by atoms with Gasteiger partial charge in [-0.3, -0.25) is 4.98 Å². The molecule has 17 heavy (non-hydrogen) atoms. The fourth-order valence-electron chi connectivity index (χ4n) is 3.42. The standard InChI is InChI=1S/C13H18ClN3/c1-13(2)10-6-16-5-9(10)8-17(13)12-3-4-15-7-11(12)14/h3-4,7,9-10,16H,5-6,8H2,1-2H3. The van der Waals surface area contributed by atoms with Crippen molar-refractivity contribution in [1.82, 2.24) is 10.3 Å². The van der Waals surface area contributed by atoms with Crippen molar-refractivity contribution < 1.29 is 0 Å². The third-order valence-electron chi connectivity index (χ3n) is 4.40. The largest absolute Gasteiger partial charge is 0.364 e. The third-order valence-corrected chi connectivity index (χ3v) is 4.69. The lowest BCUT2D eigenvalue weighted by atomic mass is 9.85. The second-order valence-electron chi connectivity index (χ2n) is 5.62. The summed E-state index contributed by atoms with van der Waals surface area (Å²) in [5.74, 6) is 1.46. The molecule has 0 amide bonds. The number of nitrogens with one attached hydrogen (secondary N) is 1. The second kappa shape index (κ2) is 3.85. The second-order valence-corrected chi connectivity index (χ2v) is 6.02. The minimum atomic E-state index is 0.166. The highest BCUT2D eigenvalue weighted by molar-refractivity contribution is 6.33. The number of hydrogen-bond donors (Lipinski definition) is 1. The Morgan fingerprint density at radius 2 is 2.29 bits per heavy atom. The Labute approximate surface area is 107 Å². The highest BCUT2D eigenvalue weighted by Crippen LogP contribution is 2.44. The van der Waals surface area contributed by atoms with Gasteiger partial charge in [-0.15, -0.1) is 0 Å². The van der Waals surface area contributed by atoms with Crippen LogP contribution in [0.15, 0.2) is 18.5 Å². The van der Waals surface area contributed by atoms with E-state index in [-0.39, 0.29) is 5.54 Å². The maximum Gasteiger partial charge on any atom is 0.0822 e. The predicted octanol–water partition coefficient (Wildman–Crippen LogP) is 2.17. The summed E-state index contributed by atoms with van der Waals surface area (Å²) >= 11 is 6.27. The zero-order valence-electron chi connectivity index (χ0n) is 10.3. The quantitative estimate of drug-likeness (QED) is 0.829. The fourth-order valence-corrected chi connectivity index (χ4v) is 3.64. The topological polar surface area (TPSA) is 28.2 Å². The van der Waals surface area contributed by atoms with Gasteiger partial charge in [-0.1, -0.05) is 11.6 Å². The van der Waals surface area contributed by atoms with E-state index in [4.69, 9.17) is 11.6 Å². The predicted molar refractivity (Wildman–Crippen MR) is 70.5 cm³/mol. The number of anilines is 1. The van der Waals surface area contributed by atoms with Crippen molar-refractivity contribution in [2.24, 2.45) is 11.8 Å². The first-order valence-corrected chi connectivity index (χ1v) is 6.56. The van der Waals surface area contributed by atoms with Crippen molar-refractivity contribution in [2.75, 3.05) is 24.5 Å². The van der Waals surface area contributed by atoms with Gasteiger partial charge in [0, 0.05) is 37.6 Å². The average molecular weight is 252 g/mol. The molecule has 0 radical (unpaired) electrons. The van der Waals surface area contributed by atoms with E-state index in [1.54, 1.807) is 6.20 Å². The van der Waals surface area contributed by atoms with Gasteiger partial charge in [0.1, 0.15) is 0 Å². The Balaban J connectivity index is 1.97. The van der Waals surface area contributed by atoms with Gasteiger partial charge in [0.15, 0.2) is 0 Å². The summed E-state index contributed by atoms with van der Waals surface area (Å²) in [6, 6.07) is 2.03. The van der Waals surface area contributed by atoms with Crippen LogP contribution in [0, 0.1) is 11.8 Å².